The summed E-state index contributed by atoms with van der Waals surface area (Å²) in [6.07, 6.45) is 1.29. The number of rotatable bonds is 4. The van der Waals surface area contributed by atoms with Crippen molar-refractivity contribution in [1.82, 2.24) is 4.90 Å². The number of hydrogen-bond acceptors (Lipinski definition) is 4. The van der Waals surface area contributed by atoms with E-state index >= 15 is 0 Å². The van der Waals surface area contributed by atoms with Crippen LogP contribution in [-0.4, -0.2) is 43.6 Å². The Morgan fingerprint density at radius 2 is 2.35 bits per heavy atom. The smallest absolute Gasteiger partial charge is 0.123 e. The van der Waals surface area contributed by atoms with Gasteiger partial charge in [0, 0.05) is 37.4 Å². The maximum Gasteiger partial charge on any atom is 0.123 e. The molecule has 0 amide bonds. The Labute approximate surface area is 120 Å². The van der Waals surface area contributed by atoms with E-state index in [4.69, 9.17) is 20.6 Å². The zero-order valence-electron chi connectivity index (χ0n) is 12.2. The minimum absolute atomic E-state index is 0.0847. The van der Waals surface area contributed by atoms with Crippen molar-refractivity contribution in [3.05, 3.63) is 29.3 Å². The van der Waals surface area contributed by atoms with Crippen LogP contribution in [0.4, 0.5) is 0 Å². The molecule has 1 saturated heterocycles. The lowest BCUT2D eigenvalue weighted by Gasteiger charge is -2.23. The lowest BCUT2D eigenvalue weighted by Crippen LogP contribution is -2.30. The summed E-state index contributed by atoms with van der Waals surface area (Å²) in [5.41, 5.74) is 7.36. The topological polar surface area (TPSA) is 71.6 Å². The molecule has 1 aromatic carbocycles. The SMILES string of the molecule is COc1ccc(C(=N)N)cc1CN1CCCOC(C)C1. The summed E-state index contributed by atoms with van der Waals surface area (Å²) in [5.74, 6) is 0.925. The molecule has 5 heteroatoms. The molecule has 1 atom stereocenters. The van der Waals surface area contributed by atoms with Crippen molar-refractivity contribution >= 4 is 5.84 Å². The molecule has 3 N–H and O–H groups in total. The lowest BCUT2D eigenvalue weighted by molar-refractivity contribution is 0.0667. The van der Waals surface area contributed by atoms with Gasteiger partial charge in [0.1, 0.15) is 11.6 Å². The molecule has 1 aliphatic rings. The van der Waals surface area contributed by atoms with Gasteiger partial charge in [0.25, 0.3) is 0 Å². The molecule has 1 heterocycles. The minimum Gasteiger partial charge on any atom is -0.496 e. The molecule has 0 bridgehead atoms. The number of nitrogen functional groups attached to an aromatic ring is 1. The molecule has 0 spiro atoms. The van der Waals surface area contributed by atoms with Crippen molar-refractivity contribution in [3.63, 3.8) is 0 Å². The first-order valence-corrected chi connectivity index (χ1v) is 6.95. The molecular weight excluding hydrogens is 254 g/mol. The van der Waals surface area contributed by atoms with Crippen LogP contribution >= 0.6 is 0 Å². The van der Waals surface area contributed by atoms with Crippen molar-refractivity contribution in [2.75, 3.05) is 26.8 Å². The third kappa shape index (κ3) is 3.71. The maximum absolute atomic E-state index is 7.55. The molecule has 0 saturated carbocycles. The number of nitrogens with one attached hydrogen (secondary N) is 1. The molecule has 110 valence electrons. The fourth-order valence-corrected chi connectivity index (χ4v) is 2.53. The van der Waals surface area contributed by atoms with E-state index in [-0.39, 0.29) is 11.9 Å². The van der Waals surface area contributed by atoms with Crippen molar-refractivity contribution in [2.45, 2.75) is 26.0 Å². The first kappa shape index (κ1) is 14.8. The van der Waals surface area contributed by atoms with E-state index in [1.165, 1.54) is 0 Å². The van der Waals surface area contributed by atoms with Crippen LogP contribution < -0.4 is 10.5 Å². The highest BCUT2D eigenvalue weighted by atomic mass is 16.5. The number of benzene rings is 1. The average Bonchev–Trinajstić information content (AvgIpc) is 2.63. The summed E-state index contributed by atoms with van der Waals surface area (Å²) in [7, 11) is 1.67. The molecular formula is C15H23N3O2. The number of methoxy groups -OCH3 is 1. The molecule has 0 radical (unpaired) electrons. The van der Waals surface area contributed by atoms with Gasteiger partial charge in [-0.25, -0.2) is 0 Å². The first-order valence-electron chi connectivity index (χ1n) is 6.95. The molecule has 1 unspecified atom stereocenters. The van der Waals surface area contributed by atoms with Gasteiger partial charge in [-0.2, -0.15) is 0 Å². The van der Waals surface area contributed by atoms with Crippen LogP contribution in [0, 0.1) is 5.41 Å². The van der Waals surface area contributed by atoms with E-state index in [1.807, 2.05) is 18.2 Å². The number of hydrogen-bond donors (Lipinski definition) is 2. The van der Waals surface area contributed by atoms with Crippen LogP contribution in [0.15, 0.2) is 18.2 Å². The van der Waals surface area contributed by atoms with Crippen molar-refractivity contribution in [2.24, 2.45) is 5.73 Å². The Balaban J connectivity index is 2.17. The van der Waals surface area contributed by atoms with Crippen LogP contribution in [0.2, 0.25) is 0 Å². The minimum atomic E-state index is 0.0847. The third-order valence-electron chi connectivity index (χ3n) is 3.52. The standard InChI is InChI=1S/C15H23N3O2/c1-11-9-18(6-3-7-20-11)10-13-8-12(15(16)17)4-5-14(13)19-2/h4-5,8,11H,3,6-7,9-10H2,1-2H3,(H3,16,17). The average molecular weight is 277 g/mol. The molecule has 0 aliphatic carbocycles. The van der Waals surface area contributed by atoms with Crippen LogP contribution in [0.5, 0.6) is 5.75 Å². The Morgan fingerprint density at radius 1 is 1.55 bits per heavy atom. The second-order valence-electron chi connectivity index (χ2n) is 5.21. The van der Waals surface area contributed by atoms with Crippen LogP contribution in [-0.2, 0) is 11.3 Å². The Morgan fingerprint density at radius 3 is 3.05 bits per heavy atom. The van der Waals surface area contributed by atoms with Gasteiger partial charge in [-0.05, 0) is 31.5 Å². The predicted molar refractivity (Wildman–Crippen MR) is 79.3 cm³/mol. The lowest BCUT2D eigenvalue weighted by atomic mass is 10.1. The Hall–Kier alpha value is -1.59. The molecule has 1 fully saturated rings. The third-order valence-corrected chi connectivity index (χ3v) is 3.52. The number of ether oxygens (including phenoxy) is 2. The highest BCUT2D eigenvalue weighted by Gasteiger charge is 2.17. The van der Waals surface area contributed by atoms with Gasteiger partial charge in [0.2, 0.25) is 0 Å². The van der Waals surface area contributed by atoms with Gasteiger partial charge in [-0.1, -0.05) is 0 Å². The van der Waals surface area contributed by atoms with Gasteiger partial charge >= 0.3 is 0 Å². The highest BCUT2D eigenvalue weighted by Crippen LogP contribution is 2.22. The van der Waals surface area contributed by atoms with E-state index in [9.17, 15) is 0 Å². The van der Waals surface area contributed by atoms with Gasteiger partial charge in [-0.15, -0.1) is 0 Å². The van der Waals surface area contributed by atoms with Gasteiger partial charge in [0.05, 0.1) is 13.2 Å². The van der Waals surface area contributed by atoms with Gasteiger partial charge in [0.15, 0.2) is 0 Å². The van der Waals surface area contributed by atoms with Crippen molar-refractivity contribution in [3.8, 4) is 5.75 Å². The van der Waals surface area contributed by atoms with Crippen LogP contribution in [0.3, 0.4) is 0 Å². The maximum atomic E-state index is 7.55. The van der Waals surface area contributed by atoms with E-state index < -0.39 is 0 Å². The monoisotopic (exact) mass is 277 g/mol. The molecule has 2 rings (SSSR count). The number of amidine groups is 1. The van der Waals surface area contributed by atoms with Gasteiger partial charge < -0.3 is 15.2 Å². The van der Waals surface area contributed by atoms with Gasteiger partial charge in [-0.3, -0.25) is 10.3 Å². The first-order chi connectivity index (χ1) is 9.60. The summed E-state index contributed by atoms with van der Waals surface area (Å²) in [6.45, 7) is 5.63. The van der Waals surface area contributed by atoms with E-state index in [0.29, 0.717) is 0 Å². The molecule has 1 aliphatic heterocycles. The molecule has 5 nitrogen and oxygen atoms in total. The van der Waals surface area contributed by atoms with E-state index in [1.54, 1.807) is 7.11 Å². The normalized spacial score (nSPS) is 20.4. The number of nitrogens with two attached hydrogens (primary N) is 1. The summed E-state index contributed by atoms with van der Waals surface area (Å²) >= 11 is 0. The van der Waals surface area contributed by atoms with E-state index in [0.717, 1.165) is 49.5 Å². The summed E-state index contributed by atoms with van der Waals surface area (Å²) in [5, 5.41) is 7.55. The zero-order valence-corrected chi connectivity index (χ0v) is 12.2. The molecule has 20 heavy (non-hydrogen) atoms. The zero-order chi connectivity index (χ0) is 14.5. The quantitative estimate of drug-likeness (QED) is 0.647. The van der Waals surface area contributed by atoms with Crippen molar-refractivity contribution < 1.29 is 9.47 Å². The second kappa shape index (κ2) is 6.72. The molecule has 1 aromatic rings. The summed E-state index contributed by atoms with van der Waals surface area (Å²) < 4.78 is 11.1. The largest absolute Gasteiger partial charge is 0.496 e. The van der Waals surface area contributed by atoms with Crippen LogP contribution in [0.1, 0.15) is 24.5 Å². The second-order valence-corrected chi connectivity index (χ2v) is 5.21. The van der Waals surface area contributed by atoms with E-state index in [2.05, 4.69) is 11.8 Å². The predicted octanol–water partition coefficient (Wildman–Crippen LogP) is 1.59. The number of nitrogens with zero attached hydrogens (tertiary/aromatic N) is 1. The highest BCUT2D eigenvalue weighted by molar-refractivity contribution is 5.95. The summed E-state index contributed by atoms with van der Waals surface area (Å²) in [6, 6.07) is 5.64. The fraction of sp³-hybridized carbons (Fsp3) is 0.533. The summed E-state index contributed by atoms with van der Waals surface area (Å²) in [4.78, 5) is 2.36. The van der Waals surface area contributed by atoms with Crippen LogP contribution in [0.25, 0.3) is 0 Å². The fourth-order valence-electron chi connectivity index (χ4n) is 2.53. The molecule has 0 aromatic heterocycles. The van der Waals surface area contributed by atoms with Crippen molar-refractivity contribution in [1.29, 1.82) is 5.41 Å². The Kier molecular flexibility index (Phi) is 4.98. The Bertz CT molecular complexity index is 476.